The standard InChI is InChI=1S/C11H14ClFN2O2/c12-9-5-4-8(7-10(9)13)17-6-2-1-3-11(16)15-14/h4-5,7H,1-3,6,14H2,(H,15,16). The molecule has 1 amide bonds. The third kappa shape index (κ3) is 5.01. The molecule has 0 aromatic heterocycles. The number of carbonyl (C=O) groups is 1. The number of hydrogen-bond acceptors (Lipinski definition) is 3. The van der Waals surface area contributed by atoms with Crippen LogP contribution in [0.25, 0.3) is 0 Å². The summed E-state index contributed by atoms with van der Waals surface area (Å²) < 4.78 is 18.3. The number of rotatable bonds is 6. The van der Waals surface area contributed by atoms with E-state index in [1.165, 1.54) is 12.1 Å². The van der Waals surface area contributed by atoms with E-state index in [9.17, 15) is 9.18 Å². The quantitative estimate of drug-likeness (QED) is 0.356. The van der Waals surface area contributed by atoms with Crippen molar-refractivity contribution >= 4 is 17.5 Å². The predicted octanol–water partition coefficient (Wildman–Crippen LogP) is 2.02. The van der Waals surface area contributed by atoms with Crippen LogP contribution < -0.4 is 16.0 Å². The number of carbonyl (C=O) groups excluding carboxylic acids is 1. The fourth-order valence-electron chi connectivity index (χ4n) is 1.22. The van der Waals surface area contributed by atoms with E-state index in [-0.39, 0.29) is 10.9 Å². The molecule has 0 fully saturated rings. The third-order valence-electron chi connectivity index (χ3n) is 2.12. The second kappa shape index (κ2) is 7.09. The highest BCUT2D eigenvalue weighted by Gasteiger charge is 2.02. The minimum Gasteiger partial charge on any atom is -0.493 e. The highest BCUT2D eigenvalue weighted by atomic mass is 35.5. The van der Waals surface area contributed by atoms with Crippen molar-refractivity contribution in [3.8, 4) is 5.75 Å². The zero-order chi connectivity index (χ0) is 12.7. The van der Waals surface area contributed by atoms with Crippen LogP contribution in [0.3, 0.4) is 0 Å². The van der Waals surface area contributed by atoms with Gasteiger partial charge in [-0.25, -0.2) is 10.2 Å². The lowest BCUT2D eigenvalue weighted by Crippen LogP contribution is -2.29. The molecule has 0 heterocycles. The Balaban J connectivity index is 2.22. The van der Waals surface area contributed by atoms with E-state index >= 15 is 0 Å². The van der Waals surface area contributed by atoms with Gasteiger partial charge in [-0.1, -0.05) is 11.6 Å². The molecule has 0 radical (unpaired) electrons. The van der Waals surface area contributed by atoms with Crippen LogP contribution in [0, 0.1) is 5.82 Å². The molecule has 0 aliphatic carbocycles. The fourth-order valence-corrected chi connectivity index (χ4v) is 1.33. The normalized spacial score (nSPS) is 10.1. The van der Waals surface area contributed by atoms with Crippen LogP contribution >= 0.6 is 11.6 Å². The Hall–Kier alpha value is -1.33. The fraction of sp³-hybridized carbons (Fsp3) is 0.364. The van der Waals surface area contributed by atoms with Crippen LogP contribution in [-0.2, 0) is 4.79 Å². The van der Waals surface area contributed by atoms with Crippen molar-refractivity contribution in [2.24, 2.45) is 5.84 Å². The summed E-state index contributed by atoms with van der Waals surface area (Å²) in [5, 5.41) is 0.0666. The summed E-state index contributed by atoms with van der Waals surface area (Å²) in [6.45, 7) is 0.416. The van der Waals surface area contributed by atoms with Crippen molar-refractivity contribution in [2.45, 2.75) is 19.3 Å². The predicted molar refractivity (Wildman–Crippen MR) is 63.1 cm³/mol. The maximum absolute atomic E-state index is 13.0. The Bertz CT molecular complexity index is 388. The molecular formula is C11H14ClFN2O2. The maximum atomic E-state index is 13.0. The number of nitrogens with one attached hydrogen (secondary N) is 1. The van der Waals surface area contributed by atoms with E-state index in [0.717, 1.165) is 0 Å². The van der Waals surface area contributed by atoms with Crippen molar-refractivity contribution < 1.29 is 13.9 Å². The smallest absolute Gasteiger partial charge is 0.233 e. The first kappa shape index (κ1) is 13.7. The molecule has 3 N–H and O–H groups in total. The van der Waals surface area contributed by atoms with Crippen molar-refractivity contribution in [1.29, 1.82) is 0 Å². The molecular weight excluding hydrogens is 247 g/mol. The lowest BCUT2D eigenvalue weighted by molar-refractivity contribution is -0.121. The van der Waals surface area contributed by atoms with Gasteiger partial charge in [-0.3, -0.25) is 10.2 Å². The average Bonchev–Trinajstić information content (AvgIpc) is 2.33. The second-order valence-corrected chi connectivity index (χ2v) is 3.86. The molecule has 1 aromatic carbocycles. The lowest BCUT2D eigenvalue weighted by Gasteiger charge is -2.06. The average molecular weight is 261 g/mol. The third-order valence-corrected chi connectivity index (χ3v) is 2.43. The Kier molecular flexibility index (Phi) is 5.72. The van der Waals surface area contributed by atoms with Gasteiger partial charge in [-0.2, -0.15) is 0 Å². The van der Waals surface area contributed by atoms with Crippen LogP contribution in [0.2, 0.25) is 5.02 Å². The number of unbranched alkanes of at least 4 members (excludes halogenated alkanes) is 1. The molecule has 0 spiro atoms. The zero-order valence-corrected chi connectivity index (χ0v) is 9.97. The van der Waals surface area contributed by atoms with E-state index in [4.69, 9.17) is 22.2 Å². The summed E-state index contributed by atoms with van der Waals surface area (Å²) in [7, 11) is 0. The Morgan fingerprint density at radius 1 is 1.47 bits per heavy atom. The highest BCUT2D eigenvalue weighted by molar-refractivity contribution is 6.30. The summed E-state index contributed by atoms with van der Waals surface area (Å²) >= 11 is 5.53. The Morgan fingerprint density at radius 3 is 2.88 bits per heavy atom. The van der Waals surface area contributed by atoms with Crippen LogP contribution in [0.1, 0.15) is 19.3 Å². The Morgan fingerprint density at radius 2 is 2.24 bits per heavy atom. The van der Waals surface area contributed by atoms with Crippen molar-refractivity contribution in [3.05, 3.63) is 29.0 Å². The highest BCUT2D eigenvalue weighted by Crippen LogP contribution is 2.20. The van der Waals surface area contributed by atoms with Gasteiger partial charge in [0.25, 0.3) is 0 Å². The van der Waals surface area contributed by atoms with Gasteiger partial charge in [0.2, 0.25) is 5.91 Å². The summed E-state index contributed by atoms with van der Waals surface area (Å²) in [5.74, 6) is 4.64. The molecule has 17 heavy (non-hydrogen) atoms. The summed E-state index contributed by atoms with van der Waals surface area (Å²) in [4.78, 5) is 10.8. The molecule has 4 nitrogen and oxygen atoms in total. The number of benzene rings is 1. The summed E-state index contributed by atoms with van der Waals surface area (Å²) in [5.41, 5.74) is 2.04. The van der Waals surface area contributed by atoms with Crippen molar-refractivity contribution in [2.75, 3.05) is 6.61 Å². The first-order chi connectivity index (χ1) is 8.13. The molecule has 0 unspecified atom stereocenters. The number of hydrazine groups is 1. The molecule has 0 aliphatic heterocycles. The summed E-state index contributed by atoms with van der Waals surface area (Å²) in [6.07, 6.45) is 1.71. The SMILES string of the molecule is NNC(=O)CCCCOc1ccc(Cl)c(F)c1. The number of amides is 1. The molecule has 0 bridgehead atoms. The van der Waals surface area contributed by atoms with E-state index < -0.39 is 5.82 Å². The van der Waals surface area contributed by atoms with Gasteiger partial charge in [0.1, 0.15) is 11.6 Å². The van der Waals surface area contributed by atoms with E-state index in [1.807, 2.05) is 5.43 Å². The zero-order valence-electron chi connectivity index (χ0n) is 9.21. The molecule has 1 aromatic rings. The van der Waals surface area contributed by atoms with Gasteiger partial charge in [-0.05, 0) is 25.0 Å². The monoisotopic (exact) mass is 260 g/mol. The van der Waals surface area contributed by atoms with Gasteiger partial charge in [0.15, 0.2) is 0 Å². The minimum absolute atomic E-state index is 0.0666. The molecule has 6 heteroatoms. The van der Waals surface area contributed by atoms with Gasteiger partial charge in [0.05, 0.1) is 11.6 Å². The number of ether oxygens (including phenoxy) is 1. The summed E-state index contributed by atoms with van der Waals surface area (Å²) in [6, 6.07) is 4.26. The molecule has 94 valence electrons. The van der Waals surface area contributed by atoms with Gasteiger partial charge >= 0.3 is 0 Å². The number of hydrogen-bond donors (Lipinski definition) is 2. The topological polar surface area (TPSA) is 64.3 Å². The number of nitrogens with two attached hydrogens (primary N) is 1. The van der Waals surface area contributed by atoms with E-state index in [2.05, 4.69) is 0 Å². The molecule has 0 aliphatic rings. The van der Waals surface area contributed by atoms with Crippen molar-refractivity contribution in [3.63, 3.8) is 0 Å². The second-order valence-electron chi connectivity index (χ2n) is 3.45. The van der Waals surface area contributed by atoms with E-state index in [1.54, 1.807) is 6.07 Å². The van der Waals surface area contributed by atoms with Crippen LogP contribution in [0.15, 0.2) is 18.2 Å². The first-order valence-corrected chi connectivity index (χ1v) is 5.58. The minimum atomic E-state index is -0.508. The Labute approximate surface area is 104 Å². The van der Waals surface area contributed by atoms with Crippen LogP contribution in [0.5, 0.6) is 5.75 Å². The molecule has 0 saturated heterocycles. The molecule has 0 atom stereocenters. The van der Waals surface area contributed by atoms with Crippen LogP contribution in [-0.4, -0.2) is 12.5 Å². The largest absolute Gasteiger partial charge is 0.493 e. The first-order valence-electron chi connectivity index (χ1n) is 5.21. The van der Waals surface area contributed by atoms with Gasteiger partial charge in [0, 0.05) is 12.5 Å². The van der Waals surface area contributed by atoms with Gasteiger partial charge in [-0.15, -0.1) is 0 Å². The van der Waals surface area contributed by atoms with E-state index in [0.29, 0.717) is 31.6 Å². The van der Waals surface area contributed by atoms with Crippen LogP contribution in [0.4, 0.5) is 4.39 Å². The van der Waals surface area contributed by atoms with Crippen molar-refractivity contribution in [1.82, 2.24) is 5.43 Å². The molecule has 1 rings (SSSR count). The maximum Gasteiger partial charge on any atom is 0.233 e. The number of halogens is 2. The lowest BCUT2D eigenvalue weighted by atomic mass is 10.2. The molecule has 0 saturated carbocycles. The van der Waals surface area contributed by atoms with Gasteiger partial charge < -0.3 is 4.74 Å².